The fourth-order valence-electron chi connectivity index (χ4n) is 2.05. The molecule has 2 aromatic carbocycles. The van der Waals surface area contributed by atoms with E-state index in [-0.39, 0.29) is 5.41 Å². The highest BCUT2D eigenvalue weighted by molar-refractivity contribution is 5.47. The molecule has 0 saturated carbocycles. The van der Waals surface area contributed by atoms with Gasteiger partial charge in [-0.15, -0.1) is 0 Å². The summed E-state index contributed by atoms with van der Waals surface area (Å²) in [6, 6.07) is 15.8. The third-order valence-electron chi connectivity index (χ3n) is 3.18. The quantitative estimate of drug-likeness (QED) is 0.769. The van der Waals surface area contributed by atoms with Gasteiger partial charge in [-0.3, -0.25) is 0 Å². The molecule has 2 aromatic rings. The standard InChI is InChI=1S/C18H19NO/c1-13-5-8-15(9-6-13)20-16-10-7-14(12-19)17(11-16)18(2,3)4/h5-11H,1-4H3. The lowest BCUT2D eigenvalue weighted by atomic mass is 9.84. The zero-order chi connectivity index (χ0) is 14.8. The molecule has 0 atom stereocenters. The van der Waals surface area contributed by atoms with E-state index in [1.54, 1.807) is 0 Å². The first-order valence-electron chi connectivity index (χ1n) is 6.69. The SMILES string of the molecule is Cc1ccc(Oc2ccc(C#N)c(C(C)(C)C)c2)cc1. The van der Waals surface area contributed by atoms with Crippen LogP contribution in [0.5, 0.6) is 11.5 Å². The van der Waals surface area contributed by atoms with E-state index >= 15 is 0 Å². The second-order valence-corrected chi connectivity index (χ2v) is 5.98. The fourth-order valence-corrected chi connectivity index (χ4v) is 2.05. The average Bonchev–Trinajstić information content (AvgIpc) is 2.40. The summed E-state index contributed by atoms with van der Waals surface area (Å²) >= 11 is 0. The maximum Gasteiger partial charge on any atom is 0.127 e. The van der Waals surface area contributed by atoms with Crippen LogP contribution in [0, 0.1) is 18.3 Å². The number of hydrogen-bond acceptors (Lipinski definition) is 2. The van der Waals surface area contributed by atoms with Crippen molar-refractivity contribution < 1.29 is 4.74 Å². The molecule has 0 heterocycles. The van der Waals surface area contributed by atoms with E-state index in [1.807, 2.05) is 49.4 Å². The summed E-state index contributed by atoms with van der Waals surface area (Å²) in [5.41, 5.74) is 2.82. The molecule has 0 amide bonds. The number of aryl methyl sites for hydroxylation is 1. The largest absolute Gasteiger partial charge is 0.457 e. The molecule has 0 spiro atoms. The summed E-state index contributed by atoms with van der Waals surface area (Å²) in [4.78, 5) is 0. The highest BCUT2D eigenvalue weighted by Crippen LogP contribution is 2.31. The molecule has 0 aliphatic heterocycles. The lowest BCUT2D eigenvalue weighted by molar-refractivity contribution is 0.478. The molecule has 102 valence electrons. The van der Waals surface area contributed by atoms with Crippen LogP contribution < -0.4 is 4.74 Å². The molecule has 0 N–H and O–H groups in total. The van der Waals surface area contributed by atoms with Gasteiger partial charge in [-0.05, 0) is 48.2 Å². The summed E-state index contributed by atoms with van der Waals surface area (Å²) in [6.45, 7) is 8.33. The van der Waals surface area contributed by atoms with Crippen molar-refractivity contribution in [1.29, 1.82) is 5.26 Å². The Bertz CT molecular complexity index is 643. The van der Waals surface area contributed by atoms with Crippen LogP contribution in [0.4, 0.5) is 0 Å². The molecule has 0 saturated heterocycles. The van der Waals surface area contributed by atoms with Crippen molar-refractivity contribution in [3.8, 4) is 17.6 Å². The maximum absolute atomic E-state index is 9.20. The van der Waals surface area contributed by atoms with Crippen molar-refractivity contribution in [3.05, 3.63) is 59.2 Å². The van der Waals surface area contributed by atoms with Crippen molar-refractivity contribution in [2.45, 2.75) is 33.1 Å². The zero-order valence-corrected chi connectivity index (χ0v) is 12.4. The van der Waals surface area contributed by atoms with Crippen molar-refractivity contribution in [2.75, 3.05) is 0 Å². The van der Waals surface area contributed by atoms with Crippen LogP contribution >= 0.6 is 0 Å². The number of hydrogen-bond donors (Lipinski definition) is 0. The van der Waals surface area contributed by atoms with Gasteiger partial charge in [-0.25, -0.2) is 0 Å². The Hall–Kier alpha value is -2.27. The van der Waals surface area contributed by atoms with E-state index in [0.29, 0.717) is 5.56 Å². The van der Waals surface area contributed by atoms with Crippen molar-refractivity contribution in [1.82, 2.24) is 0 Å². The van der Waals surface area contributed by atoms with Gasteiger partial charge in [0.1, 0.15) is 11.5 Å². The monoisotopic (exact) mass is 265 g/mol. The smallest absolute Gasteiger partial charge is 0.127 e. The van der Waals surface area contributed by atoms with Crippen LogP contribution in [-0.4, -0.2) is 0 Å². The first-order valence-corrected chi connectivity index (χ1v) is 6.69. The van der Waals surface area contributed by atoms with E-state index in [0.717, 1.165) is 17.1 Å². The molecule has 2 heteroatoms. The van der Waals surface area contributed by atoms with E-state index in [1.165, 1.54) is 5.56 Å². The minimum Gasteiger partial charge on any atom is -0.457 e. The number of nitriles is 1. The summed E-state index contributed by atoms with van der Waals surface area (Å²) in [5, 5.41) is 9.20. The number of benzene rings is 2. The van der Waals surface area contributed by atoms with Crippen molar-refractivity contribution in [3.63, 3.8) is 0 Å². The average molecular weight is 265 g/mol. The van der Waals surface area contributed by atoms with Crippen LogP contribution in [0.15, 0.2) is 42.5 Å². The van der Waals surface area contributed by atoms with Gasteiger partial charge >= 0.3 is 0 Å². The highest BCUT2D eigenvalue weighted by atomic mass is 16.5. The van der Waals surface area contributed by atoms with E-state index in [2.05, 4.69) is 26.8 Å². The summed E-state index contributed by atoms with van der Waals surface area (Å²) in [6.07, 6.45) is 0. The molecular formula is C18H19NO. The Kier molecular flexibility index (Phi) is 3.81. The number of rotatable bonds is 2. The molecule has 0 unspecified atom stereocenters. The van der Waals surface area contributed by atoms with Crippen molar-refractivity contribution in [2.24, 2.45) is 0 Å². The molecule has 20 heavy (non-hydrogen) atoms. The van der Waals surface area contributed by atoms with Gasteiger partial charge in [0, 0.05) is 0 Å². The Morgan fingerprint density at radius 3 is 2.10 bits per heavy atom. The highest BCUT2D eigenvalue weighted by Gasteiger charge is 2.19. The predicted octanol–water partition coefficient (Wildman–Crippen LogP) is 4.96. The Morgan fingerprint density at radius 1 is 0.950 bits per heavy atom. The van der Waals surface area contributed by atoms with E-state index in [4.69, 9.17) is 4.74 Å². The van der Waals surface area contributed by atoms with Gasteiger partial charge in [0.05, 0.1) is 11.6 Å². The number of nitrogens with zero attached hydrogens (tertiary/aromatic N) is 1. The van der Waals surface area contributed by atoms with Gasteiger partial charge < -0.3 is 4.74 Å². The predicted molar refractivity (Wildman–Crippen MR) is 81.1 cm³/mol. The molecular weight excluding hydrogens is 246 g/mol. The van der Waals surface area contributed by atoms with Crippen LogP contribution in [0.25, 0.3) is 0 Å². The molecule has 2 nitrogen and oxygen atoms in total. The van der Waals surface area contributed by atoms with Gasteiger partial charge in [-0.1, -0.05) is 38.5 Å². The third-order valence-corrected chi connectivity index (χ3v) is 3.18. The van der Waals surface area contributed by atoms with Crippen LogP contribution in [0.1, 0.15) is 37.5 Å². The topological polar surface area (TPSA) is 33.0 Å². The van der Waals surface area contributed by atoms with E-state index in [9.17, 15) is 5.26 Å². The Balaban J connectivity index is 2.34. The van der Waals surface area contributed by atoms with Crippen LogP contribution in [0.2, 0.25) is 0 Å². The first-order chi connectivity index (χ1) is 9.40. The normalized spacial score (nSPS) is 10.9. The van der Waals surface area contributed by atoms with Gasteiger partial charge in [0.25, 0.3) is 0 Å². The minimum atomic E-state index is -0.0856. The third kappa shape index (κ3) is 3.19. The van der Waals surface area contributed by atoms with Crippen molar-refractivity contribution >= 4 is 0 Å². The summed E-state index contributed by atoms with van der Waals surface area (Å²) in [5.74, 6) is 1.57. The summed E-state index contributed by atoms with van der Waals surface area (Å²) < 4.78 is 5.86. The van der Waals surface area contributed by atoms with Gasteiger partial charge in [0.2, 0.25) is 0 Å². The molecule has 0 aromatic heterocycles. The second-order valence-electron chi connectivity index (χ2n) is 5.98. The lowest BCUT2D eigenvalue weighted by Crippen LogP contribution is -2.13. The van der Waals surface area contributed by atoms with Crippen LogP contribution in [0.3, 0.4) is 0 Å². The number of ether oxygens (including phenoxy) is 1. The first kappa shape index (κ1) is 14.1. The van der Waals surface area contributed by atoms with Gasteiger partial charge in [0.15, 0.2) is 0 Å². The molecule has 0 fully saturated rings. The van der Waals surface area contributed by atoms with Gasteiger partial charge in [-0.2, -0.15) is 5.26 Å². The Morgan fingerprint density at radius 2 is 1.55 bits per heavy atom. The molecule has 0 radical (unpaired) electrons. The Labute approximate surface area is 120 Å². The molecule has 0 bridgehead atoms. The molecule has 0 aliphatic rings. The zero-order valence-electron chi connectivity index (χ0n) is 12.4. The van der Waals surface area contributed by atoms with Crippen LogP contribution in [-0.2, 0) is 5.41 Å². The second kappa shape index (κ2) is 5.38. The molecule has 2 rings (SSSR count). The molecule has 0 aliphatic carbocycles. The maximum atomic E-state index is 9.20. The fraction of sp³-hybridized carbons (Fsp3) is 0.278. The minimum absolute atomic E-state index is 0.0856. The van der Waals surface area contributed by atoms with E-state index < -0.39 is 0 Å². The lowest BCUT2D eigenvalue weighted by Gasteiger charge is -2.21. The summed E-state index contributed by atoms with van der Waals surface area (Å²) in [7, 11) is 0.